The summed E-state index contributed by atoms with van der Waals surface area (Å²) >= 11 is 0. The van der Waals surface area contributed by atoms with Crippen LogP contribution in [-0.2, 0) is 57.4 Å². The molecule has 0 radical (unpaired) electrons. The van der Waals surface area contributed by atoms with Crippen molar-refractivity contribution >= 4 is 70.1 Å². The summed E-state index contributed by atoms with van der Waals surface area (Å²) in [7, 11) is 0. The minimum atomic E-state index is -4.71. The van der Waals surface area contributed by atoms with E-state index in [1.807, 2.05) is 18.2 Å². The highest BCUT2D eigenvalue weighted by atomic mass is 19.4. The highest BCUT2D eigenvalue weighted by molar-refractivity contribution is 5.97. The monoisotopic (exact) mass is 1100 g/mol. The number of hydrogen-bond donors (Lipinski definition) is 15. The van der Waals surface area contributed by atoms with Crippen molar-refractivity contribution in [2.24, 2.45) is 44.4 Å². The van der Waals surface area contributed by atoms with Crippen molar-refractivity contribution in [1.82, 2.24) is 47.5 Å². The largest absolute Gasteiger partial charge is 0.416 e. The van der Waals surface area contributed by atoms with Gasteiger partial charge in [0.15, 0.2) is 11.9 Å². The smallest absolute Gasteiger partial charge is 0.401 e. The number of carbonyl (C=O) groups excluding carboxylic acids is 8. The van der Waals surface area contributed by atoms with E-state index in [-0.39, 0.29) is 114 Å². The van der Waals surface area contributed by atoms with Gasteiger partial charge in [0.05, 0.1) is 11.6 Å². The quantitative estimate of drug-likeness (QED) is 0.0373. The van der Waals surface area contributed by atoms with Crippen molar-refractivity contribution in [3.63, 3.8) is 0 Å². The Labute approximate surface area is 448 Å². The molecule has 8 amide bonds. The zero-order valence-corrected chi connectivity index (χ0v) is 43.3. The number of aromatic nitrogens is 1. The Morgan fingerprint density at radius 1 is 0.744 bits per heavy atom. The van der Waals surface area contributed by atoms with Gasteiger partial charge in [0, 0.05) is 68.6 Å². The predicted molar refractivity (Wildman–Crippen MR) is 285 cm³/mol. The summed E-state index contributed by atoms with van der Waals surface area (Å²) in [6.45, 7) is 4.91. The SMILES string of the molecule is C=C(N)[C@@H]1CCCNC(=O)CC[C@H](NC(=O)[C@H](CCCN=C(N)N)NC(C)=O)C(=O)N[C@@H](CCN)C(=O)N[C@H](Cc2ccc(C(F)(F)F)cc2)C(=O)N[C@@H](CCCN=C(N)N)C(=O)N[C@@H](Cc2c[nH]c3ccccc23)C(=O)N1. The van der Waals surface area contributed by atoms with Crippen molar-refractivity contribution in [2.45, 2.75) is 126 Å². The fourth-order valence-electron chi connectivity index (χ4n) is 8.38. The Hall–Kier alpha value is -8.43. The molecule has 21 N–H and O–H groups in total. The van der Waals surface area contributed by atoms with Crippen LogP contribution in [0.15, 0.2) is 77.0 Å². The summed E-state index contributed by atoms with van der Waals surface area (Å²) in [5.41, 5.74) is 34.6. The van der Waals surface area contributed by atoms with Crippen LogP contribution < -0.4 is 76.9 Å². The first-order valence-electron chi connectivity index (χ1n) is 25.3. The molecule has 0 aliphatic carbocycles. The maximum absolute atomic E-state index is 14.6. The molecule has 0 bridgehead atoms. The number of guanidine groups is 2. The molecule has 1 aliphatic rings. The molecular formula is C50H72F3N17O8. The van der Waals surface area contributed by atoms with Crippen LogP contribution in [0.4, 0.5) is 13.2 Å². The van der Waals surface area contributed by atoms with Crippen molar-refractivity contribution < 1.29 is 51.5 Å². The van der Waals surface area contributed by atoms with Crippen LogP contribution in [0, 0.1) is 0 Å². The van der Waals surface area contributed by atoms with E-state index in [0.29, 0.717) is 5.56 Å². The summed E-state index contributed by atoms with van der Waals surface area (Å²) in [5, 5.41) is 21.9. The number of rotatable bonds is 18. The van der Waals surface area contributed by atoms with Gasteiger partial charge in [-0.3, -0.25) is 48.3 Å². The molecule has 28 heteroatoms. The predicted octanol–water partition coefficient (Wildman–Crippen LogP) is -2.00. The number of aliphatic imine (C=N–C) groups is 2. The van der Waals surface area contributed by atoms with Crippen LogP contribution in [0.25, 0.3) is 10.9 Å². The molecular weight excluding hydrogens is 1020 g/mol. The van der Waals surface area contributed by atoms with Gasteiger partial charge < -0.3 is 81.9 Å². The minimum absolute atomic E-state index is 0.0110. The molecule has 0 spiro atoms. The molecule has 7 atom stereocenters. The van der Waals surface area contributed by atoms with Gasteiger partial charge in [0.1, 0.15) is 36.3 Å². The summed E-state index contributed by atoms with van der Waals surface area (Å²) in [6, 6.07) is 1.36. The van der Waals surface area contributed by atoms with Crippen LogP contribution in [0.1, 0.15) is 81.4 Å². The first-order chi connectivity index (χ1) is 36.9. The van der Waals surface area contributed by atoms with E-state index in [4.69, 9.17) is 34.4 Å². The molecule has 3 aromatic rings. The van der Waals surface area contributed by atoms with Gasteiger partial charge in [0.2, 0.25) is 47.3 Å². The van der Waals surface area contributed by atoms with Crippen molar-refractivity contribution in [2.75, 3.05) is 26.2 Å². The third kappa shape index (κ3) is 20.6. The Balaban J connectivity index is 1.80. The molecule has 1 saturated heterocycles. The zero-order chi connectivity index (χ0) is 57.5. The number of benzene rings is 2. The number of nitrogens with two attached hydrogens (primary N) is 6. The maximum Gasteiger partial charge on any atom is 0.416 e. The molecule has 2 aromatic carbocycles. The third-order valence-electron chi connectivity index (χ3n) is 12.4. The lowest BCUT2D eigenvalue weighted by Gasteiger charge is -2.28. The number of H-pyrrole nitrogens is 1. The van der Waals surface area contributed by atoms with Crippen LogP contribution in [-0.4, -0.2) is 133 Å². The van der Waals surface area contributed by atoms with E-state index in [1.165, 1.54) is 6.92 Å². The van der Waals surface area contributed by atoms with Crippen LogP contribution in [0.3, 0.4) is 0 Å². The fraction of sp³-hybridized carbons (Fsp3) is 0.480. The van der Waals surface area contributed by atoms with E-state index in [9.17, 15) is 51.5 Å². The summed E-state index contributed by atoms with van der Waals surface area (Å²) < 4.78 is 40.9. The maximum atomic E-state index is 14.6. The van der Waals surface area contributed by atoms with E-state index in [1.54, 1.807) is 12.3 Å². The number of carbonyl (C=O) groups is 8. The number of halogens is 3. The van der Waals surface area contributed by atoms with Crippen molar-refractivity contribution in [3.8, 4) is 0 Å². The van der Waals surface area contributed by atoms with Gasteiger partial charge in [-0.25, -0.2) is 0 Å². The van der Waals surface area contributed by atoms with E-state index in [0.717, 1.165) is 35.2 Å². The molecule has 4 rings (SSSR count). The van der Waals surface area contributed by atoms with Gasteiger partial charge in [-0.2, -0.15) is 13.2 Å². The number of alkyl halides is 3. The van der Waals surface area contributed by atoms with Gasteiger partial charge in [-0.15, -0.1) is 0 Å². The first kappa shape index (κ1) is 62.1. The van der Waals surface area contributed by atoms with Crippen LogP contribution in [0.5, 0.6) is 0 Å². The fourth-order valence-corrected chi connectivity index (χ4v) is 8.38. The molecule has 2 heterocycles. The van der Waals surface area contributed by atoms with Gasteiger partial charge >= 0.3 is 6.18 Å². The molecule has 0 saturated carbocycles. The van der Waals surface area contributed by atoms with Gasteiger partial charge in [0.25, 0.3) is 0 Å². The average molecular weight is 1100 g/mol. The summed E-state index contributed by atoms with van der Waals surface area (Å²) in [4.78, 5) is 123. The second kappa shape index (κ2) is 30.3. The van der Waals surface area contributed by atoms with Crippen LogP contribution >= 0.6 is 0 Å². The zero-order valence-electron chi connectivity index (χ0n) is 43.3. The molecule has 1 aliphatic heterocycles. The molecule has 1 aromatic heterocycles. The number of amides is 8. The first-order valence-corrected chi connectivity index (χ1v) is 25.3. The Kier molecular flexibility index (Phi) is 24.2. The Morgan fingerprint density at radius 2 is 1.32 bits per heavy atom. The Morgan fingerprint density at radius 3 is 1.94 bits per heavy atom. The molecule has 25 nitrogen and oxygen atoms in total. The number of fused-ring (bicyclic) bond motifs is 1. The number of nitrogens with one attached hydrogen (secondary N) is 9. The molecule has 0 unspecified atom stereocenters. The summed E-state index contributed by atoms with van der Waals surface area (Å²) in [5.74, 6) is -7.02. The average Bonchev–Trinajstić information content (AvgIpc) is 3.79. The number of nitrogens with zero attached hydrogens (tertiary/aromatic N) is 2. The minimum Gasteiger partial charge on any atom is -0.401 e. The van der Waals surface area contributed by atoms with E-state index in [2.05, 4.69) is 64.1 Å². The van der Waals surface area contributed by atoms with Gasteiger partial charge in [-0.1, -0.05) is 36.9 Å². The standard InChI is InChI=1S/C50H72F3N17O8/c1-27(55)33-10-5-21-60-41(72)18-17-37(67-42(73)35(64-28(2)71)11-6-22-61-48(56)57)44(75)68-38(19-20-54)45(76)69-39(24-29-13-15-31(16-14-29)50(51,52)53)46(77)66-36(12-7-23-62-49(58)59)43(74)70-40(47(78)65-33)25-30-26-63-34-9-4-3-8-32(30)34/h3-4,8-9,13-16,26,33,35-40,63H,1,5-7,10-12,17-25,54-55H2,2H3,(H,60,72)(H,64,71)(H,65,78)(H,66,77)(H,67,73)(H,68,75)(H,69,76)(H,70,74)(H4,56,57,61)(H4,58,59,62)/t33-,35-,36-,37-,38-,39+,40-/m0/s1. The van der Waals surface area contributed by atoms with E-state index >= 15 is 0 Å². The highest BCUT2D eigenvalue weighted by Gasteiger charge is 2.35. The topological polar surface area (TPSA) is 429 Å². The van der Waals surface area contributed by atoms with Crippen LogP contribution in [0.2, 0.25) is 0 Å². The lowest BCUT2D eigenvalue weighted by atomic mass is 10.0. The number of aromatic amines is 1. The second-order valence-corrected chi connectivity index (χ2v) is 18.7. The highest BCUT2D eigenvalue weighted by Crippen LogP contribution is 2.29. The van der Waals surface area contributed by atoms with Gasteiger partial charge in [-0.05, 0) is 87.2 Å². The lowest BCUT2D eigenvalue weighted by Crippen LogP contribution is -2.60. The van der Waals surface area contributed by atoms with Crippen molar-refractivity contribution in [3.05, 3.63) is 83.7 Å². The molecule has 78 heavy (non-hydrogen) atoms. The number of hydrogen-bond acceptors (Lipinski definition) is 12. The van der Waals surface area contributed by atoms with E-state index < -0.39 is 108 Å². The third-order valence-corrected chi connectivity index (χ3v) is 12.4. The number of para-hydroxylation sites is 1. The van der Waals surface area contributed by atoms with Crippen molar-refractivity contribution in [1.29, 1.82) is 0 Å². The normalized spacial score (nSPS) is 21.0. The Bertz CT molecular complexity index is 2640. The summed E-state index contributed by atoms with van der Waals surface area (Å²) in [6.07, 6.45) is -3.99. The second-order valence-electron chi connectivity index (χ2n) is 18.7. The lowest BCUT2D eigenvalue weighted by molar-refractivity contribution is -0.137. The molecule has 426 valence electrons. The molecule has 1 fully saturated rings.